The second-order valence-electron chi connectivity index (χ2n) is 8.22. The molecule has 2 atom stereocenters. The Morgan fingerprint density at radius 2 is 2.07 bits per heavy atom. The van der Waals surface area contributed by atoms with Gasteiger partial charge in [0, 0.05) is 36.9 Å². The second-order valence-corrected chi connectivity index (χ2v) is 8.22. The van der Waals surface area contributed by atoms with Crippen LogP contribution in [0.5, 0.6) is 0 Å². The highest BCUT2D eigenvalue weighted by atomic mass is 16.5. The van der Waals surface area contributed by atoms with E-state index in [1.165, 1.54) is 19.0 Å². The highest BCUT2D eigenvalue weighted by Gasteiger charge is 2.39. The molecule has 1 saturated carbocycles. The van der Waals surface area contributed by atoms with Crippen LogP contribution in [0.3, 0.4) is 0 Å². The maximum Gasteiger partial charge on any atom is 0.255 e. The van der Waals surface area contributed by atoms with E-state index in [1.807, 2.05) is 13.1 Å². The number of pyridine rings is 1. The number of amides is 2. The zero-order chi connectivity index (χ0) is 20.9. The van der Waals surface area contributed by atoms with Gasteiger partial charge < -0.3 is 15.4 Å². The molecule has 3 aliphatic rings. The Morgan fingerprint density at radius 1 is 1.27 bits per heavy atom. The SMILES string of the molecule is CC1CC1C(=O)Nc1cc(C(=O)NC2=C(OCCN3CCCC3)CC=NC2)ccn1. The Labute approximate surface area is 176 Å². The Kier molecular flexibility index (Phi) is 6.42. The summed E-state index contributed by atoms with van der Waals surface area (Å²) in [7, 11) is 0. The maximum atomic E-state index is 12.8. The molecule has 8 heteroatoms. The zero-order valence-corrected chi connectivity index (χ0v) is 17.4. The number of ether oxygens (including phenoxy) is 1. The minimum atomic E-state index is -0.263. The molecule has 2 unspecified atom stereocenters. The fourth-order valence-electron chi connectivity index (χ4n) is 3.83. The van der Waals surface area contributed by atoms with Gasteiger partial charge in [-0.15, -0.1) is 0 Å². The predicted molar refractivity (Wildman–Crippen MR) is 114 cm³/mol. The van der Waals surface area contributed by atoms with Crippen LogP contribution < -0.4 is 10.6 Å². The molecular formula is C22H29N5O3. The van der Waals surface area contributed by atoms with Crippen LogP contribution >= 0.6 is 0 Å². The lowest BCUT2D eigenvalue weighted by Gasteiger charge is -2.20. The Balaban J connectivity index is 1.35. The van der Waals surface area contributed by atoms with Gasteiger partial charge in [0.1, 0.15) is 18.2 Å². The molecule has 2 N–H and O–H groups in total. The number of dihydropyridines is 1. The lowest BCUT2D eigenvalue weighted by atomic mass is 10.2. The van der Waals surface area contributed by atoms with Crippen molar-refractivity contribution >= 4 is 23.8 Å². The summed E-state index contributed by atoms with van der Waals surface area (Å²) in [5.41, 5.74) is 1.13. The highest BCUT2D eigenvalue weighted by molar-refractivity contribution is 5.98. The van der Waals surface area contributed by atoms with Crippen LogP contribution in [0.2, 0.25) is 0 Å². The third-order valence-electron chi connectivity index (χ3n) is 5.86. The molecule has 1 aromatic heterocycles. The van der Waals surface area contributed by atoms with Crippen molar-refractivity contribution in [1.29, 1.82) is 0 Å². The van der Waals surface area contributed by atoms with Crippen molar-refractivity contribution in [3.05, 3.63) is 35.3 Å². The van der Waals surface area contributed by atoms with E-state index in [4.69, 9.17) is 4.74 Å². The fourth-order valence-corrected chi connectivity index (χ4v) is 3.83. The summed E-state index contributed by atoms with van der Waals surface area (Å²) in [6, 6.07) is 3.23. The van der Waals surface area contributed by atoms with Crippen LogP contribution in [0.15, 0.2) is 34.8 Å². The molecule has 0 radical (unpaired) electrons. The molecule has 30 heavy (non-hydrogen) atoms. The van der Waals surface area contributed by atoms with Gasteiger partial charge >= 0.3 is 0 Å². The molecule has 160 valence electrons. The number of hydrogen-bond donors (Lipinski definition) is 2. The quantitative estimate of drug-likeness (QED) is 0.684. The van der Waals surface area contributed by atoms with Crippen molar-refractivity contribution in [2.75, 3.05) is 38.1 Å². The summed E-state index contributed by atoms with van der Waals surface area (Å²) >= 11 is 0. The minimum absolute atomic E-state index is 0.0365. The number of rotatable bonds is 8. The van der Waals surface area contributed by atoms with E-state index in [1.54, 1.807) is 12.1 Å². The monoisotopic (exact) mass is 411 g/mol. The lowest BCUT2D eigenvalue weighted by Crippen LogP contribution is -2.29. The summed E-state index contributed by atoms with van der Waals surface area (Å²) in [5, 5.41) is 5.74. The predicted octanol–water partition coefficient (Wildman–Crippen LogP) is 2.20. The van der Waals surface area contributed by atoms with Gasteiger partial charge in [-0.1, -0.05) is 6.92 Å². The maximum absolute atomic E-state index is 12.8. The lowest BCUT2D eigenvalue weighted by molar-refractivity contribution is -0.117. The number of nitrogens with one attached hydrogen (secondary N) is 2. The number of likely N-dealkylation sites (tertiary alicyclic amines) is 1. The first-order valence-corrected chi connectivity index (χ1v) is 10.7. The number of aromatic nitrogens is 1. The van der Waals surface area contributed by atoms with Gasteiger partial charge in [-0.2, -0.15) is 0 Å². The third kappa shape index (κ3) is 5.24. The van der Waals surface area contributed by atoms with E-state index >= 15 is 0 Å². The molecule has 2 aliphatic heterocycles. The smallest absolute Gasteiger partial charge is 0.255 e. The normalized spacial score (nSPS) is 23.4. The first-order valence-electron chi connectivity index (χ1n) is 10.7. The molecule has 4 rings (SSSR count). The number of aliphatic imine (C=N–C) groups is 1. The number of allylic oxidation sites excluding steroid dienone is 1. The van der Waals surface area contributed by atoms with E-state index in [0.29, 0.717) is 42.6 Å². The largest absolute Gasteiger partial charge is 0.494 e. The van der Waals surface area contributed by atoms with Crippen LogP contribution in [0.1, 0.15) is 43.0 Å². The Bertz CT molecular complexity index is 860. The summed E-state index contributed by atoms with van der Waals surface area (Å²) < 4.78 is 5.98. The van der Waals surface area contributed by atoms with Gasteiger partial charge in [0.15, 0.2) is 0 Å². The van der Waals surface area contributed by atoms with Crippen molar-refractivity contribution in [2.24, 2.45) is 16.8 Å². The van der Waals surface area contributed by atoms with Crippen molar-refractivity contribution in [3.8, 4) is 0 Å². The summed E-state index contributed by atoms with van der Waals surface area (Å²) in [4.78, 5) is 35.7. The van der Waals surface area contributed by atoms with E-state index in [-0.39, 0.29) is 17.7 Å². The Hall–Kier alpha value is -2.74. The number of carbonyl (C=O) groups excluding carboxylic acids is 2. The van der Waals surface area contributed by atoms with Crippen LogP contribution in [0.4, 0.5) is 5.82 Å². The molecule has 2 amide bonds. The summed E-state index contributed by atoms with van der Waals surface area (Å²) in [6.45, 7) is 6.20. The molecule has 0 aromatic carbocycles. The van der Waals surface area contributed by atoms with E-state index < -0.39 is 0 Å². The van der Waals surface area contributed by atoms with Crippen LogP contribution in [0, 0.1) is 11.8 Å². The van der Waals surface area contributed by atoms with Crippen molar-refractivity contribution in [2.45, 2.75) is 32.6 Å². The average Bonchev–Trinajstić information content (AvgIpc) is 3.26. The van der Waals surface area contributed by atoms with Crippen molar-refractivity contribution in [3.63, 3.8) is 0 Å². The second kappa shape index (κ2) is 9.38. The summed E-state index contributed by atoms with van der Waals surface area (Å²) in [5.74, 6) is 1.33. The van der Waals surface area contributed by atoms with Gasteiger partial charge in [0.25, 0.3) is 5.91 Å². The van der Waals surface area contributed by atoms with Gasteiger partial charge in [-0.05, 0) is 50.4 Å². The van der Waals surface area contributed by atoms with Gasteiger partial charge in [-0.25, -0.2) is 4.98 Å². The fraction of sp³-hybridized carbons (Fsp3) is 0.545. The molecule has 8 nitrogen and oxygen atoms in total. The molecule has 2 fully saturated rings. The third-order valence-corrected chi connectivity index (χ3v) is 5.86. The first-order chi connectivity index (χ1) is 14.6. The number of anilines is 1. The van der Waals surface area contributed by atoms with Crippen molar-refractivity contribution < 1.29 is 14.3 Å². The number of nitrogens with zero attached hydrogens (tertiary/aromatic N) is 3. The highest BCUT2D eigenvalue weighted by Crippen LogP contribution is 2.38. The van der Waals surface area contributed by atoms with Crippen LogP contribution in [-0.4, -0.2) is 60.7 Å². The Morgan fingerprint density at radius 3 is 2.83 bits per heavy atom. The minimum Gasteiger partial charge on any atom is -0.494 e. The molecule has 0 spiro atoms. The van der Waals surface area contributed by atoms with Crippen molar-refractivity contribution in [1.82, 2.24) is 15.2 Å². The topological polar surface area (TPSA) is 95.9 Å². The number of carbonyl (C=O) groups is 2. The first kappa shape index (κ1) is 20.5. The zero-order valence-electron chi connectivity index (χ0n) is 17.4. The van der Waals surface area contributed by atoms with Gasteiger partial charge in [0.2, 0.25) is 5.91 Å². The van der Waals surface area contributed by atoms with E-state index in [9.17, 15) is 9.59 Å². The molecule has 1 aromatic rings. The van der Waals surface area contributed by atoms with Gasteiger partial charge in [-0.3, -0.25) is 19.5 Å². The molecule has 1 saturated heterocycles. The van der Waals surface area contributed by atoms with E-state index in [2.05, 4.69) is 25.5 Å². The van der Waals surface area contributed by atoms with Crippen LogP contribution in [0.25, 0.3) is 0 Å². The van der Waals surface area contributed by atoms with Crippen LogP contribution in [-0.2, 0) is 9.53 Å². The summed E-state index contributed by atoms with van der Waals surface area (Å²) in [6.07, 6.45) is 7.34. The molecular weight excluding hydrogens is 382 g/mol. The molecule has 0 bridgehead atoms. The average molecular weight is 412 g/mol. The molecule has 1 aliphatic carbocycles. The standard InChI is InChI=1S/C22H29N5O3/c1-15-12-17(15)22(29)26-20-13-16(4-7-24-20)21(28)25-18-14-23-6-5-19(18)30-11-10-27-8-2-3-9-27/h4,6-7,13,15,17H,2-3,5,8-12,14H2,1H3,(H,25,28)(H,24,26,29). The van der Waals surface area contributed by atoms with Gasteiger partial charge in [0.05, 0.1) is 12.2 Å². The number of hydrogen-bond acceptors (Lipinski definition) is 6. The van der Waals surface area contributed by atoms with E-state index in [0.717, 1.165) is 31.8 Å². The molecule has 3 heterocycles.